The van der Waals surface area contributed by atoms with Crippen LogP contribution >= 0.6 is 34.7 Å². The number of rotatable bonds is 4. The van der Waals surface area contributed by atoms with Gasteiger partial charge in [0.1, 0.15) is 4.34 Å². The van der Waals surface area contributed by atoms with Gasteiger partial charge in [-0.05, 0) is 11.8 Å². The molecular weight excluding hydrogens is 266 g/mol. The van der Waals surface area contributed by atoms with Crippen LogP contribution in [0.3, 0.4) is 0 Å². The van der Waals surface area contributed by atoms with Crippen LogP contribution in [0.5, 0.6) is 0 Å². The van der Waals surface area contributed by atoms with Crippen molar-refractivity contribution in [2.24, 2.45) is 0 Å². The highest BCUT2D eigenvalue weighted by molar-refractivity contribution is 8.14. The molecule has 1 rings (SSSR count). The minimum Gasteiger partial charge on any atom is -0.324 e. The average Bonchev–Trinajstić information content (AvgIpc) is 2.61. The fraction of sp³-hybridized carbons (Fsp3) is 0.400. The van der Waals surface area contributed by atoms with E-state index in [9.17, 15) is 9.59 Å². The number of halogens is 1. The number of hydrogen-bond acceptors (Lipinski definition) is 4. The summed E-state index contributed by atoms with van der Waals surface area (Å²) in [6.45, 7) is 3.56. The van der Waals surface area contributed by atoms with Crippen molar-refractivity contribution in [1.82, 2.24) is 0 Å². The van der Waals surface area contributed by atoms with Crippen molar-refractivity contribution in [2.75, 3.05) is 5.32 Å². The van der Waals surface area contributed by atoms with Gasteiger partial charge in [-0.15, -0.1) is 11.3 Å². The number of hydrogen-bond donors (Lipinski definition) is 1. The highest BCUT2D eigenvalue weighted by Gasteiger charge is 2.15. The second-order valence-corrected chi connectivity index (χ2v) is 5.53. The van der Waals surface area contributed by atoms with Crippen LogP contribution in [0.4, 0.5) is 5.69 Å². The minimum absolute atomic E-state index is 0.0345. The molecule has 1 aromatic heterocycles. The van der Waals surface area contributed by atoms with Crippen LogP contribution in [0.25, 0.3) is 0 Å². The third-order valence-corrected chi connectivity index (χ3v) is 4.41. The molecule has 0 aliphatic heterocycles. The van der Waals surface area contributed by atoms with Gasteiger partial charge in [0.25, 0.3) is 0 Å². The summed E-state index contributed by atoms with van der Waals surface area (Å²) in [5, 5.41) is 4.51. The lowest BCUT2D eigenvalue weighted by Crippen LogP contribution is -2.09. The Morgan fingerprint density at radius 2 is 2.12 bits per heavy atom. The highest BCUT2D eigenvalue weighted by Crippen LogP contribution is 2.40. The number of nitrogens with one attached hydrogen (secondary N) is 1. The maximum atomic E-state index is 11.3. The fourth-order valence-electron chi connectivity index (χ4n) is 0.930. The second kappa shape index (κ2) is 6.27. The lowest BCUT2D eigenvalue weighted by atomic mass is 10.4. The molecule has 88 valence electrons. The monoisotopic (exact) mass is 277 g/mol. The van der Waals surface area contributed by atoms with Crippen LogP contribution < -0.4 is 5.32 Å². The molecule has 3 nitrogen and oxygen atoms in total. The van der Waals surface area contributed by atoms with Crippen molar-refractivity contribution in [1.29, 1.82) is 0 Å². The van der Waals surface area contributed by atoms with Crippen molar-refractivity contribution in [3.05, 3.63) is 9.72 Å². The van der Waals surface area contributed by atoms with E-state index in [0.29, 0.717) is 27.8 Å². The van der Waals surface area contributed by atoms with Crippen LogP contribution in [0, 0.1) is 0 Å². The van der Waals surface area contributed by atoms with E-state index in [1.165, 1.54) is 11.3 Å². The van der Waals surface area contributed by atoms with Gasteiger partial charge in [-0.2, -0.15) is 0 Å². The third-order valence-electron chi connectivity index (χ3n) is 1.80. The quantitative estimate of drug-likeness (QED) is 0.852. The average molecular weight is 278 g/mol. The molecule has 0 saturated heterocycles. The van der Waals surface area contributed by atoms with E-state index < -0.39 is 0 Å². The van der Waals surface area contributed by atoms with Crippen LogP contribution in [-0.4, -0.2) is 11.0 Å². The van der Waals surface area contributed by atoms with Crippen LogP contribution in [-0.2, 0) is 9.59 Å². The zero-order valence-electron chi connectivity index (χ0n) is 9.00. The zero-order valence-corrected chi connectivity index (χ0v) is 11.4. The molecule has 0 saturated carbocycles. The third kappa shape index (κ3) is 3.50. The molecule has 0 radical (unpaired) electrons. The van der Waals surface area contributed by atoms with Gasteiger partial charge in [-0.1, -0.05) is 25.4 Å². The van der Waals surface area contributed by atoms with Crippen LogP contribution in [0.1, 0.15) is 26.7 Å². The number of carbonyl (C=O) groups is 2. The largest absolute Gasteiger partial charge is 0.324 e. The smallest absolute Gasteiger partial charge is 0.224 e. The SMILES string of the molecule is CCC(=O)Nc1csc(Cl)c1SC(=O)CC. The molecule has 0 fully saturated rings. The van der Waals surface area contributed by atoms with E-state index in [1.54, 1.807) is 19.2 Å². The van der Waals surface area contributed by atoms with E-state index in [0.717, 1.165) is 11.8 Å². The number of thiophene rings is 1. The molecule has 1 heterocycles. The normalized spacial score (nSPS) is 10.2. The summed E-state index contributed by atoms with van der Waals surface area (Å²) in [4.78, 5) is 23.2. The standard InChI is InChI=1S/C10H12ClNO2S2/c1-3-7(13)12-6-5-15-10(11)9(6)16-8(14)4-2/h5H,3-4H2,1-2H3,(H,12,13). The fourth-order valence-corrected chi connectivity index (χ4v) is 2.91. The van der Waals surface area contributed by atoms with Crippen molar-refractivity contribution in [2.45, 2.75) is 31.6 Å². The zero-order chi connectivity index (χ0) is 12.1. The topological polar surface area (TPSA) is 46.2 Å². The first kappa shape index (κ1) is 13.5. The van der Waals surface area contributed by atoms with Crippen molar-refractivity contribution in [3.63, 3.8) is 0 Å². The van der Waals surface area contributed by atoms with Gasteiger partial charge < -0.3 is 5.32 Å². The van der Waals surface area contributed by atoms with Gasteiger partial charge in [0.15, 0.2) is 5.12 Å². The predicted molar refractivity (Wildman–Crippen MR) is 69.4 cm³/mol. The summed E-state index contributed by atoms with van der Waals surface area (Å²) < 4.78 is 0.540. The maximum Gasteiger partial charge on any atom is 0.224 e. The van der Waals surface area contributed by atoms with E-state index in [-0.39, 0.29) is 11.0 Å². The lowest BCUT2D eigenvalue weighted by Gasteiger charge is -2.04. The molecule has 0 spiro atoms. The van der Waals surface area contributed by atoms with Crippen molar-refractivity contribution >= 4 is 51.4 Å². The Kier molecular flexibility index (Phi) is 5.31. The molecule has 0 unspecified atom stereocenters. The molecule has 1 aromatic rings. The van der Waals surface area contributed by atoms with Crippen molar-refractivity contribution in [3.8, 4) is 0 Å². The van der Waals surface area contributed by atoms with Crippen LogP contribution in [0.15, 0.2) is 10.3 Å². The second-order valence-electron chi connectivity index (χ2n) is 2.98. The van der Waals surface area contributed by atoms with Gasteiger partial charge in [-0.25, -0.2) is 0 Å². The summed E-state index contributed by atoms with van der Waals surface area (Å²) in [7, 11) is 0. The molecule has 0 aliphatic rings. The summed E-state index contributed by atoms with van der Waals surface area (Å²) >= 11 is 8.36. The molecule has 1 N–H and O–H groups in total. The number of carbonyl (C=O) groups excluding carboxylic acids is 2. The van der Waals surface area contributed by atoms with E-state index in [1.807, 2.05) is 0 Å². The Hall–Kier alpha value is -0.520. The first-order valence-electron chi connectivity index (χ1n) is 4.86. The van der Waals surface area contributed by atoms with Gasteiger partial charge in [0, 0.05) is 18.2 Å². The van der Waals surface area contributed by atoms with Gasteiger partial charge in [0.05, 0.1) is 10.6 Å². The van der Waals surface area contributed by atoms with E-state index in [4.69, 9.17) is 11.6 Å². The van der Waals surface area contributed by atoms with E-state index >= 15 is 0 Å². The molecular formula is C10H12ClNO2S2. The number of thioether (sulfide) groups is 1. The Labute approximate surface area is 108 Å². The summed E-state index contributed by atoms with van der Waals surface area (Å²) in [6, 6.07) is 0. The van der Waals surface area contributed by atoms with Crippen LogP contribution in [0.2, 0.25) is 4.34 Å². The first-order valence-corrected chi connectivity index (χ1v) is 6.93. The van der Waals surface area contributed by atoms with Gasteiger partial charge in [0.2, 0.25) is 5.91 Å². The predicted octanol–water partition coefficient (Wildman–Crippen LogP) is 3.78. The summed E-state index contributed by atoms with van der Waals surface area (Å²) in [6.07, 6.45) is 0.845. The van der Waals surface area contributed by atoms with Gasteiger partial charge >= 0.3 is 0 Å². The highest BCUT2D eigenvalue weighted by atomic mass is 35.5. The Morgan fingerprint density at radius 3 is 2.69 bits per heavy atom. The maximum absolute atomic E-state index is 11.3. The lowest BCUT2D eigenvalue weighted by molar-refractivity contribution is -0.116. The first-order chi connectivity index (χ1) is 7.58. The number of anilines is 1. The minimum atomic E-state index is -0.0831. The molecule has 1 amide bonds. The Bertz CT molecular complexity index is 404. The Balaban J connectivity index is 2.85. The van der Waals surface area contributed by atoms with Gasteiger partial charge in [-0.3, -0.25) is 9.59 Å². The molecule has 6 heteroatoms. The molecule has 0 bridgehead atoms. The number of amides is 1. The molecule has 0 aromatic carbocycles. The van der Waals surface area contributed by atoms with E-state index in [2.05, 4.69) is 5.32 Å². The summed E-state index contributed by atoms with van der Waals surface area (Å²) in [5.74, 6) is -0.0831. The molecule has 0 aliphatic carbocycles. The molecule has 0 atom stereocenters. The Morgan fingerprint density at radius 1 is 1.44 bits per heavy atom. The molecule has 16 heavy (non-hydrogen) atoms. The van der Waals surface area contributed by atoms with Crippen molar-refractivity contribution < 1.29 is 9.59 Å². The summed E-state index contributed by atoms with van der Waals surface area (Å²) in [5.41, 5.74) is 0.633.